The van der Waals surface area contributed by atoms with Crippen LogP contribution in [0.3, 0.4) is 0 Å². The minimum Gasteiger partial charge on any atom is -0.376 e. The zero-order valence-electron chi connectivity index (χ0n) is 6.66. The van der Waals surface area contributed by atoms with Crippen LogP contribution in [0.5, 0.6) is 0 Å². The van der Waals surface area contributed by atoms with Crippen molar-refractivity contribution < 1.29 is 0 Å². The van der Waals surface area contributed by atoms with Crippen LogP contribution in [-0.4, -0.2) is 16.6 Å². The van der Waals surface area contributed by atoms with Gasteiger partial charge in [0.1, 0.15) is 0 Å². The van der Waals surface area contributed by atoms with Gasteiger partial charge in [0.15, 0.2) is 5.11 Å². The van der Waals surface area contributed by atoms with Crippen molar-refractivity contribution >= 4 is 17.3 Å². The first-order valence-electron chi connectivity index (χ1n) is 3.72. The summed E-state index contributed by atoms with van der Waals surface area (Å²) in [5.74, 6) is 0. The van der Waals surface area contributed by atoms with Crippen LogP contribution in [0, 0.1) is 0 Å². The molecule has 1 aromatic rings. The Morgan fingerprint density at radius 3 is 3.00 bits per heavy atom. The Balaban J connectivity index is 2.29. The summed E-state index contributed by atoms with van der Waals surface area (Å²) in [4.78, 5) is 4.15. The molecule has 3 nitrogen and oxygen atoms in total. The summed E-state index contributed by atoms with van der Waals surface area (Å²) in [5.41, 5.74) is 6.30. The van der Waals surface area contributed by atoms with Crippen LogP contribution >= 0.6 is 12.2 Å². The van der Waals surface area contributed by atoms with Crippen molar-refractivity contribution in [3.8, 4) is 0 Å². The van der Waals surface area contributed by atoms with Crippen molar-refractivity contribution in [3.05, 3.63) is 30.1 Å². The molecule has 1 rings (SSSR count). The van der Waals surface area contributed by atoms with Crippen molar-refractivity contribution in [1.82, 2.24) is 10.3 Å². The van der Waals surface area contributed by atoms with Crippen LogP contribution in [0.15, 0.2) is 24.4 Å². The molecule has 0 spiro atoms. The number of nitrogens with one attached hydrogen (secondary N) is 1. The van der Waals surface area contributed by atoms with E-state index in [0.717, 1.165) is 18.7 Å². The Labute approximate surface area is 77.0 Å². The molecule has 0 aliphatic heterocycles. The maximum atomic E-state index is 5.26. The molecule has 0 fully saturated rings. The van der Waals surface area contributed by atoms with Crippen LogP contribution in [0.4, 0.5) is 0 Å². The predicted octanol–water partition coefficient (Wildman–Crippen LogP) is 0.457. The quantitative estimate of drug-likeness (QED) is 0.665. The molecule has 0 aliphatic rings. The highest BCUT2D eigenvalue weighted by molar-refractivity contribution is 7.80. The molecule has 0 saturated heterocycles. The van der Waals surface area contributed by atoms with Gasteiger partial charge in [0.05, 0.1) is 0 Å². The van der Waals surface area contributed by atoms with Gasteiger partial charge in [0, 0.05) is 24.9 Å². The number of rotatable bonds is 3. The number of nitrogens with two attached hydrogens (primary N) is 1. The fourth-order valence-electron chi connectivity index (χ4n) is 0.860. The molecule has 0 atom stereocenters. The molecule has 1 heterocycles. The summed E-state index contributed by atoms with van der Waals surface area (Å²) in [5, 5.41) is 3.20. The smallest absolute Gasteiger partial charge is 0.163 e. The predicted molar refractivity (Wildman–Crippen MR) is 52.7 cm³/mol. The molecule has 12 heavy (non-hydrogen) atoms. The highest BCUT2D eigenvalue weighted by atomic mass is 32.1. The number of thiocarbonyl (C=S) groups is 1. The normalized spacial score (nSPS) is 9.33. The third kappa shape index (κ3) is 3.30. The first kappa shape index (κ1) is 8.93. The van der Waals surface area contributed by atoms with Gasteiger partial charge in [-0.25, -0.2) is 0 Å². The fourth-order valence-corrected chi connectivity index (χ4v) is 0.962. The van der Waals surface area contributed by atoms with Gasteiger partial charge in [0.2, 0.25) is 0 Å². The number of hydrogen-bond acceptors (Lipinski definition) is 2. The maximum absolute atomic E-state index is 5.26. The Bertz CT molecular complexity index is 248. The Kier molecular flexibility index (Phi) is 3.47. The van der Waals surface area contributed by atoms with E-state index in [4.69, 9.17) is 5.73 Å². The molecule has 0 radical (unpaired) electrons. The second kappa shape index (κ2) is 4.66. The summed E-state index contributed by atoms with van der Waals surface area (Å²) >= 11 is 4.66. The molecular weight excluding hydrogens is 170 g/mol. The summed E-state index contributed by atoms with van der Waals surface area (Å²) < 4.78 is 0. The topological polar surface area (TPSA) is 50.9 Å². The Morgan fingerprint density at radius 2 is 2.42 bits per heavy atom. The van der Waals surface area contributed by atoms with E-state index < -0.39 is 0 Å². The summed E-state index contributed by atoms with van der Waals surface area (Å²) in [6.45, 7) is 0.742. The monoisotopic (exact) mass is 181 g/mol. The van der Waals surface area contributed by atoms with Crippen molar-refractivity contribution in [1.29, 1.82) is 0 Å². The molecule has 3 N–H and O–H groups in total. The zero-order valence-corrected chi connectivity index (χ0v) is 7.47. The molecule has 64 valence electrons. The first-order valence-corrected chi connectivity index (χ1v) is 4.13. The third-order valence-corrected chi connectivity index (χ3v) is 1.55. The zero-order chi connectivity index (χ0) is 8.81. The van der Waals surface area contributed by atoms with Gasteiger partial charge in [-0.3, -0.25) is 4.98 Å². The van der Waals surface area contributed by atoms with Crippen molar-refractivity contribution in [2.75, 3.05) is 6.54 Å². The van der Waals surface area contributed by atoms with E-state index in [2.05, 4.69) is 22.5 Å². The molecule has 1 aromatic heterocycles. The lowest BCUT2D eigenvalue weighted by Gasteiger charge is -2.01. The second-order valence-electron chi connectivity index (χ2n) is 2.36. The van der Waals surface area contributed by atoms with E-state index in [-0.39, 0.29) is 0 Å². The van der Waals surface area contributed by atoms with E-state index in [1.54, 1.807) is 6.20 Å². The lowest BCUT2D eigenvalue weighted by Crippen LogP contribution is -2.30. The van der Waals surface area contributed by atoms with Gasteiger partial charge in [-0.05, 0) is 24.4 Å². The van der Waals surface area contributed by atoms with E-state index in [0.29, 0.717) is 5.11 Å². The first-order chi connectivity index (χ1) is 5.79. The van der Waals surface area contributed by atoms with Crippen molar-refractivity contribution in [3.63, 3.8) is 0 Å². The highest BCUT2D eigenvalue weighted by Crippen LogP contribution is 1.92. The molecule has 4 heteroatoms. The third-order valence-electron chi connectivity index (χ3n) is 1.41. The number of nitrogens with zero attached hydrogens (tertiary/aromatic N) is 1. The van der Waals surface area contributed by atoms with E-state index in [9.17, 15) is 0 Å². The van der Waals surface area contributed by atoms with Gasteiger partial charge >= 0.3 is 0 Å². The van der Waals surface area contributed by atoms with Gasteiger partial charge < -0.3 is 11.1 Å². The summed E-state index contributed by atoms with van der Waals surface area (Å²) in [7, 11) is 0. The Hall–Kier alpha value is -1.16. The highest BCUT2D eigenvalue weighted by Gasteiger charge is 1.91. The number of pyridine rings is 1. The second-order valence-corrected chi connectivity index (χ2v) is 2.80. The van der Waals surface area contributed by atoms with Gasteiger partial charge in [-0.1, -0.05) is 6.07 Å². The molecule has 0 saturated carbocycles. The van der Waals surface area contributed by atoms with Crippen molar-refractivity contribution in [2.24, 2.45) is 5.73 Å². The summed E-state index contributed by atoms with van der Waals surface area (Å²) in [6.07, 6.45) is 2.62. The Morgan fingerprint density at radius 1 is 1.58 bits per heavy atom. The van der Waals surface area contributed by atoms with Gasteiger partial charge in [-0.15, -0.1) is 0 Å². The van der Waals surface area contributed by atoms with E-state index in [1.165, 1.54) is 0 Å². The average Bonchev–Trinajstić information content (AvgIpc) is 2.05. The van der Waals surface area contributed by atoms with Crippen LogP contribution in [0.25, 0.3) is 0 Å². The standard InChI is InChI=1S/C8H11N3S/c9-8(12)11-6-4-7-3-1-2-5-10-7/h1-3,5H,4,6H2,(H3,9,11,12). The summed E-state index contributed by atoms with van der Waals surface area (Å²) in [6, 6.07) is 5.83. The molecule has 0 aromatic carbocycles. The van der Waals surface area contributed by atoms with Crippen molar-refractivity contribution in [2.45, 2.75) is 6.42 Å². The van der Waals surface area contributed by atoms with Gasteiger partial charge in [0.25, 0.3) is 0 Å². The van der Waals surface area contributed by atoms with Crippen LogP contribution in [0.1, 0.15) is 5.69 Å². The maximum Gasteiger partial charge on any atom is 0.163 e. The lowest BCUT2D eigenvalue weighted by molar-refractivity contribution is 0.844. The van der Waals surface area contributed by atoms with E-state index in [1.807, 2.05) is 18.2 Å². The molecule has 0 bridgehead atoms. The van der Waals surface area contributed by atoms with Gasteiger partial charge in [-0.2, -0.15) is 0 Å². The molecule has 0 aliphatic carbocycles. The van der Waals surface area contributed by atoms with Crippen LogP contribution in [0.2, 0.25) is 0 Å². The lowest BCUT2D eigenvalue weighted by atomic mass is 10.3. The fraction of sp³-hybridized carbons (Fsp3) is 0.250. The van der Waals surface area contributed by atoms with E-state index >= 15 is 0 Å². The largest absolute Gasteiger partial charge is 0.376 e. The molecular formula is C8H11N3S. The SMILES string of the molecule is NC(=S)NCCc1ccccn1. The minimum atomic E-state index is 0.339. The average molecular weight is 181 g/mol. The van der Waals surface area contributed by atoms with Crippen LogP contribution in [-0.2, 0) is 6.42 Å². The molecule has 0 amide bonds. The minimum absolute atomic E-state index is 0.339. The number of hydrogen-bond donors (Lipinski definition) is 2. The van der Waals surface area contributed by atoms with Crippen LogP contribution < -0.4 is 11.1 Å². The number of aromatic nitrogens is 1. The molecule has 0 unspecified atom stereocenters.